The molecule has 0 bridgehead atoms. The largest absolute Gasteiger partial charge is 1.00 e. The van der Waals surface area contributed by atoms with Crippen molar-refractivity contribution in [3.8, 4) is 5.75 Å². The molecular formula is C18H23Na2O5P. The van der Waals surface area contributed by atoms with Crippen LogP contribution < -0.4 is 73.4 Å². The van der Waals surface area contributed by atoms with Crippen LogP contribution in [0, 0.1) is 17.3 Å². The van der Waals surface area contributed by atoms with E-state index in [-0.39, 0.29) is 76.4 Å². The van der Waals surface area contributed by atoms with Gasteiger partial charge in [-0.2, -0.15) is 0 Å². The van der Waals surface area contributed by atoms with E-state index in [9.17, 15) is 19.5 Å². The van der Waals surface area contributed by atoms with Gasteiger partial charge in [0, 0.05) is 0 Å². The predicted octanol–water partition coefficient (Wildman–Crippen LogP) is -3.88. The normalized spacial score (nSPS) is 35.2. The molecular weight excluding hydrogens is 373 g/mol. The van der Waals surface area contributed by atoms with Crippen LogP contribution in [0.3, 0.4) is 0 Å². The maximum absolute atomic E-state index is 10.8. The van der Waals surface area contributed by atoms with E-state index in [1.54, 1.807) is 12.1 Å². The van der Waals surface area contributed by atoms with Crippen LogP contribution in [0.4, 0.5) is 0 Å². The average molecular weight is 396 g/mol. The Balaban J connectivity index is 0.00000121. The van der Waals surface area contributed by atoms with Crippen LogP contribution in [0.1, 0.15) is 56.1 Å². The van der Waals surface area contributed by atoms with Gasteiger partial charge in [0.2, 0.25) is 0 Å². The molecule has 0 spiro atoms. The van der Waals surface area contributed by atoms with Crippen molar-refractivity contribution in [1.82, 2.24) is 0 Å². The standard InChI is InChI=1S/C18H25O5P.2Na/c1-18-9-8-14-13-5-3-12(23-24(20,21)22)10-11(13)2-4-15(14)16(18)6-7-17(18)19;;/h3,5,10,14-17,19H,2,4,6-9H2,1H3,(H2,20,21,22);;/q;2*+1/p-2/t14?,15?,16?,17-,18-;;/m0../s1. The Morgan fingerprint density at radius 2 is 1.92 bits per heavy atom. The van der Waals surface area contributed by atoms with Crippen molar-refractivity contribution in [1.29, 1.82) is 0 Å². The van der Waals surface area contributed by atoms with Gasteiger partial charge in [-0.1, -0.05) is 13.0 Å². The summed E-state index contributed by atoms with van der Waals surface area (Å²) in [4.78, 5) is 21.6. The van der Waals surface area contributed by atoms with Crippen molar-refractivity contribution in [2.45, 2.75) is 57.5 Å². The van der Waals surface area contributed by atoms with Crippen LogP contribution in [0.2, 0.25) is 0 Å². The second kappa shape index (κ2) is 8.47. The summed E-state index contributed by atoms with van der Waals surface area (Å²) in [6.45, 7) is 2.25. The number of benzene rings is 1. The smallest absolute Gasteiger partial charge is 0.780 e. The molecule has 26 heavy (non-hydrogen) atoms. The van der Waals surface area contributed by atoms with E-state index in [0.29, 0.717) is 17.8 Å². The fourth-order valence-corrected chi connectivity index (χ4v) is 6.09. The Labute approximate surface area is 199 Å². The number of rotatable bonds is 2. The number of aryl methyl sites for hydroxylation is 1. The van der Waals surface area contributed by atoms with Crippen LogP contribution in [-0.4, -0.2) is 11.2 Å². The van der Waals surface area contributed by atoms with Gasteiger partial charge in [0.25, 0.3) is 0 Å². The summed E-state index contributed by atoms with van der Waals surface area (Å²) in [6.07, 6.45) is 5.86. The minimum Gasteiger partial charge on any atom is -0.780 e. The maximum atomic E-state index is 10.8. The van der Waals surface area contributed by atoms with E-state index in [1.165, 1.54) is 5.56 Å². The Kier molecular flexibility index (Phi) is 7.63. The summed E-state index contributed by atoms with van der Waals surface area (Å²) < 4.78 is 15.3. The molecule has 1 aromatic rings. The minimum atomic E-state index is -5.01. The fraction of sp³-hybridized carbons (Fsp3) is 0.667. The number of fused-ring (bicyclic) bond motifs is 5. The maximum Gasteiger partial charge on any atom is 1.00 e. The molecule has 0 heterocycles. The molecule has 132 valence electrons. The zero-order valence-electron chi connectivity index (χ0n) is 15.8. The molecule has 0 radical (unpaired) electrons. The molecule has 1 N–H and O–H groups in total. The van der Waals surface area contributed by atoms with Crippen LogP contribution in [0.15, 0.2) is 18.2 Å². The summed E-state index contributed by atoms with van der Waals surface area (Å²) in [6, 6.07) is 5.25. The first kappa shape index (κ1) is 23.4. The van der Waals surface area contributed by atoms with Gasteiger partial charge in [-0.25, -0.2) is 0 Å². The Bertz CT molecular complexity index is 709. The molecule has 4 rings (SSSR count). The molecule has 0 amide bonds. The number of phosphoric acid groups is 1. The number of hydrogen-bond donors (Lipinski definition) is 1. The van der Waals surface area contributed by atoms with Gasteiger partial charge in [0.05, 0.1) is 6.10 Å². The molecule has 0 aromatic heterocycles. The molecule has 5 nitrogen and oxygen atoms in total. The van der Waals surface area contributed by atoms with Gasteiger partial charge in [0.15, 0.2) is 0 Å². The van der Waals surface area contributed by atoms with Crippen molar-refractivity contribution in [3.63, 3.8) is 0 Å². The van der Waals surface area contributed by atoms with Crippen molar-refractivity contribution in [3.05, 3.63) is 29.3 Å². The van der Waals surface area contributed by atoms with Gasteiger partial charge in [0.1, 0.15) is 13.6 Å². The third-order valence-corrected chi connectivity index (χ3v) is 7.30. The van der Waals surface area contributed by atoms with E-state index < -0.39 is 7.82 Å². The molecule has 0 saturated heterocycles. The van der Waals surface area contributed by atoms with E-state index in [1.807, 2.05) is 6.07 Å². The topological polar surface area (TPSA) is 92.7 Å². The van der Waals surface area contributed by atoms with Crippen molar-refractivity contribution in [2.75, 3.05) is 0 Å². The monoisotopic (exact) mass is 396 g/mol. The van der Waals surface area contributed by atoms with E-state index in [0.717, 1.165) is 44.1 Å². The van der Waals surface area contributed by atoms with Gasteiger partial charge >= 0.3 is 59.1 Å². The second-order valence-corrected chi connectivity index (χ2v) is 9.03. The number of aliphatic hydroxyl groups excluding tert-OH is 1. The van der Waals surface area contributed by atoms with Gasteiger partial charge in [-0.3, -0.25) is 0 Å². The molecule has 3 aliphatic carbocycles. The molecule has 8 heteroatoms. The molecule has 1 aromatic carbocycles. The number of phosphoric ester groups is 1. The predicted molar refractivity (Wildman–Crippen MR) is 85.3 cm³/mol. The van der Waals surface area contributed by atoms with Crippen molar-refractivity contribution in [2.24, 2.45) is 17.3 Å². The zero-order chi connectivity index (χ0) is 17.1. The average Bonchev–Trinajstić information content (AvgIpc) is 2.81. The first-order chi connectivity index (χ1) is 11.3. The Morgan fingerprint density at radius 3 is 2.62 bits per heavy atom. The van der Waals surface area contributed by atoms with Crippen molar-refractivity contribution < 1.29 is 83.1 Å². The van der Waals surface area contributed by atoms with E-state index in [4.69, 9.17) is 0 Å². The number of hydrogen-bond acceptors (Lipinski definition) is 5. The van der Waals surface area contributed by atoms with E-state index in [2.05, 4.69) is 11.4 Å². The minimum absolute atomic E-state index is 0. The van der Waals surface area contributed by atoms with Crippen LogP contribution in [0.25, 0.3) is 0 Å². The fourth-order valence-electron chi connectivity index (χ4n) is 5.72. The summed E-state index contributed by atoms with van der Waals surface area (Å²) in [7, 11) is -5.01. The third-order valence-electron chi connectivity index (χ3n) is 6.87. The molecule has 2 saturated carbocycles. The van der Waals surface area contributed by atoms with Crippen LogP contribution in [-0.2, 0) is 11.0 Å². The molecule has 5 atom stereocenters. The Hall–Kier alpha value is 1.13. The SMILES string of the molecule is C[C@]12CCC3c4ccc(OP(=O)([O-])[O-])cc4CCC3C1CC[C@@H]2O.[Na+].[Na+]. The quantitative estimate of drug-likeness (QED) is 0.408. The molecule has 0 aliphatic heterocycles. The summed E-state index contributed by atoms with van der Waals surface area (Å²) in [5, 5.41) is 10.4. The van der Waals surface area contributed by atoms with Gasteiger partial charge in [-0.05, 0) is 85.0 Å². The van der Waals surface area contributed by atoms with Crippen molar-refractivity contribution >= 4 is 7.82 Å². The first-order valence-electron chi connectivity index (χ1n) is 8.80. The summed E-state index contributed by atoms with van der Waals surface area (Å²) in [5.74, 6) is 1.75. The van der Waals surface area contributed by atoms with Gasteiger partial charge < -0.3 is 24.0 Å². The second-order valence-electron chi connectivity index (χ2n) is 7.95. The summed E-state index contributed by atoms with van der Waals surface area (Å²) >= 11 is 0. The third kappa shape index (κ3) is 4.18. The molecule has 3 unspecified atom stereocenters. The Morgan fingerprint density at radius 1 is 1.19 bits per heavy atom. The molecule has 2 fully saturated rings. The van der Waals surface area contributed by atoms with E-state index >= 15 is 0 Å². The summed E-state index contributed by atoms with van der Waals surface area (Å²) in [5.41, 5.74) is 2.43. The van der Waals surface area contributed by atoms with Crippen LogP contribution >= 0.6 is 7.82 Å². The number of aliphatic hydroxyl groups is 1. The zero-order valence-corrected chi connectivity index (χ0v) is 20.7. The van der Waals surface area contributed by atoms with Crippen LogP contribution in [0.5, 0.6) is 5.75 Å². The first-order valence-corrected chi connectivity index (χ1v) is 10.3. The van der Waals surface area contributed by atoms with Gasteiger partial charge in [-0.15, -0.1) is 0 Å². The molecule has 3 aliphatic rings.